The van der Waals surface area contributed by atoms with E-state index in [4.69, 9.17) is 4.74 Å². The average Bonchev–Trinajstić information content (AvgIpc) is 2.62. The lowest BCUT2D eigenvalue weighted by atomic mass is 10.1. The summed E-state index contributed by atoms with van der Waals surface area (Å²) in [6.45, 7) is 2.51. The van der Waals surface area contributed by atoms with Crippen LogP contribution in [0.2, 0.25) is 0 Å². The fourth-order valence-electron chi connectivity index (χ4n) is 2.18. The number of carbonyl (C=O) groups excluding carboxylic acids is 1. The van der Waals surface area contributed by atoms with E-state index in [0.717, 1.165) is 5.56 Å². The molecule has 6 nitrogen and oxygen atoms in total. The van der Waals surface area contributed by atoms with Crippen molar-refractivity contribution in [2.24, 2.45) is 0 Å². The van der Waals surface area contributed by atoms with Gasteiger partial charge in [-0.3, -0.25) is 4.79 Å². The first-order chi connectivity index (χ1) is 12.0. The topological polar surface area (TPSA) is 84.5 Å². The summed E-state index contributed by atoms with van der Waals surface area (Å²) in [5.41, 5.74) is 1.11. The number of benzene rings is 2. The monoisotopic (exact) mass is 362 g/mol. The average molecular weight is 362 g/mol. The van der Waals surface area contributed by atoms with E-state index in [0.29, 0.717) is 25.3 Å². The summed E-state index contributed by atoms with van der Waals surface area (Å²) in [5.74, 6) is 0.227. The molecule has 134 valence electrons. The molecule has 7 heteroatoms. The van der Waals surface area contributed by atoms with Gasteiger partial charge in [0.05, 0.1) is 18.0 Å². The number of sulfonamides is 1. The molecule has 0 bridgehead atoms. The Morgan fingerprint density at radius 1 is 1.04 bits per heavy atom. The van der Waals surface area contributed by atoms with Gasteiger partial charge in [-0.2, -0.15) is 0 Å². The highest BCUT2D eigenvalue weighted by Crippen LogP contribution is 2.15. The molecule has 0 fully saturated rings. The molecule has 0 saturated heterocycles. The molecule has 0 spiro atoms. The molecule has 2 aromatic carbocycles. The van der Waals surface area contributed by atoms with Crippen LogP contribution in [0.25, 0.3) is 0 Å². The van der Waals surface area contributed by atoms with Gasteiger partial charge in [0.25, 0.3) is 0 Å². The first-order valence-corrected chi connectivity index (χ1v) is 9.53. The van der Waals surface area contributed by atoms with Crippen LogP contribution >= 0.6 is 0 Å². The van der Waals surface area contributed by atoms with Gasteiger partial charge in [0, 0.05) is 6.54 Å². The van der Waals surface area contributed by atoms with Gasteiger partial charge in [-0.05, 0) is 43.2 Å². The van der Waals surface area contributed by atoms with Crippen LogP contribution in [-0.4, -0.2) is 34.0 Å². The predicted octanol–water partition coefficient (Wildman–Crippen LogP) is 1.72. The molecule has 0 aromatic heterocycles. The molecule has 0 unspecified atom stereocenters. The molecule has 0 radical (unpaired) electrons. The van der Waals surface area contributed by atoms with Crippen LogP contribution in [0.4, 0.5) is 0 Å². The van der Waals surface area contributed by atoms with Gasteiger partial charge in [-0.15, -0.1) is 0 Å². The van der Waals surface area contributed by atoms with Crippen molar-refractivity contribution in [2.45, 2.75) is 18.2 Å². The van der Waals surface area contributed by atoms with E-state index in [1.165, 1.54) is 12.1 Å². The Bertz CT molecular complexity index is 774. The summed E-state index contributed by atoms with van der Waals surface area (Å²) >= 11 is 0. The van der Waals surface area contributed by atoms with Crippen LogP contribution < -0.4 is 14.8 Å². The fraction of sp³-hybridized carbons (Fsp3) is 0.278. The Kier molecular flexibility index (Phi) is 6.97. The second kappa shape index (κ2) is 9.19. The Balaban J connectivity index is 1.79. The highest BCUT2D eigenvalue weighted by molar-refractivity contribution is 7.89. The summed E-state index contributed by atoms with van der Waals surface area (Å²) in [4.78, 5) is 11.9. The molecule has 0 saturated carbocycles. The Morgan fingerprint density at radius 3 is 2.36 bits per heavy atom. The van der Waals surface area contributed by atoms with E-state index in [-0.39, 0.29) is 17.3 Å². The van der Waals surface area contributed by atoms with E-state index in [1.54, 1.807) is 12.1 Å². The van der Waals surface area contributed by atoms with Crippen LogP contribution in [-0.2, 0) is 21.2 Å². The molecular formula is C18H22N2O4S. The third-order valence-electron chi connectivity index (χ3n) is 3.45. The largest absolute Gasteiger partial charge is 0.494 e. The van der Waals surface area contributed by atoms with E-state index >= 15 is 0 Å². The highest BCUT2D eigenvalue weighted by Gasteiger charge is 2.15. The molecule has 0 heterocycles. The van der Waals surface area contributed by atoms with Crippen molar-refractivity contribution in [3.8, 4) is 5.75 Å². The lowest BCUT2D eigenvalue weighted by molar-refractivity contribution is -0.119. The Morgan fingerprint density at radius 2 is 1.72 bits per heavy atom. The van der Waals surface area contributed by atoms with E-state index in [2.05, 4.69) is 10.0 Å². The molecular weight excluding hydrogens is 340 g/mol. The first kappa shape index (κ1) is 19.0. The third kappa shape index (κ3) is 6.21. The zero-order valence-corrected chi connectivity index (χ0v) is 14.9. The molecule has 2 rings (SSSR count). The zero-order chi connectivity index (χ0) is 18.1. The van der Waals surface area contributed by atoms with Crippen LogP contribution in [0.15, 0.2) is 59.5 Å². The van der Waals surface area contributed by atoms with Crippen molar-refractivity contribution in [1.29, 1.82) is 0 Å². The number of hydrogen-bond donors (Lipinski definition) is 2. The number of hydrogen-bond acceptors (Lipinski definition) is 4. The summed E-state index contributed by atoms with van der Waals surface area (Å²) in [7, 11) is -3.73. The fourth-order valence-corrected chi connectivity index (χ4v) is 3.16. The maximum Gasteiger partial charge on any atom is 0.241 e. The van der Waals surface area contributed by atoms with Gasteiger partial charge in [0.1, 0.15) is 5.75 Å². The number of amides is 1. The van der Waals surface area contributed by atoms with Crippen molar-refractivity contribution >= 4 is 15.9 Å². The van der Waals surface area contributed by atoms with Gasteiger partial charge in [0.2, 0.25) is 15.9 Å². The molecule has 2 N–H and O–H groups in total. The quantitative estimate of drug-likeness (QED) is 0.711. The normalized spacial score (nSPS) is 11.1. The Labute approximate surface area is 148 Å². The van der Waals surface area contributed by atoms with Gasteiger partial charge in [-0.1, -0.05) is 30.3 Å². The molecule has 1 amide bonds. The van der Waals surface area contributed by atoms with Crippen molar-refractivity contribution in [3.05, 3.63) is 60.2 Å². The van der Waals surface area contributed by atoms with Crippen LogP contribution in [0.1, 0.15) is 12.5 Å². The highest BCUT2D eigenvalue weighted by atomic mass is 32.2. The summed E-state index contributed by atoms with van der Waals surface area (Å²) in [6, 6.07) is 15.8. The van der Waals surface area contributed by atoms with Crippen LogP contribution in [0.5, 0.6) is 5.75 Å². The van der Waals surface area contributed by atoms with Gasteiger partial charge in [0.15, 0.2) is 0 Å². The third-order valence-corrected chi connectivity index (χ3v) is 4.86. The zero-order valence-electron chi connectivity index (χ0n) is 14.1. The molecule has 25 heavy (non-hydrogen) atoms. The number of carbonyl (C=O) groups is 1. The number of ether oxygens (including phenoxy) is 1. The summed E-state index contributed by atoms with van der Waals surface area (Å²) in [5, 5.41) is 2.70. The Hall–Kier alpha value is -2.38. The van der Waals surface area contributed by atoms with Crippen molar-refractivity contribution in [1.82, 2.24) is 10.0 Å². The standard InChI is InChI=1S/C18H22N2O4S/c1-2-24-16-8-10-17(11-9-16)25(22,23)20-14-18(21)19-13-12-15-6-4-3-5-7-15/h3-11,20H,2,12-14H2,1H3,(H,19,21). The minimum Gasteiger partial charge on any atom is -0.494 e. The maximum absolute atomic E-state index is 12.2. The SMILES string of the molecule is CCOc1ccc(S(=O)(=O)NCC(=O)NCCc2ccccc2)cc1. The molecule has 0 atom stereocenters. The van der Waals surface area contributed by atoms with Gasteiger partial charge >= 0.3 is 0 Å². The van der Waals surface area contributed by atoms with Crippen molar-refractivity contribution in [2.75, 3.05) is 19.7 Å². The van der Waals surface area contributed by atoms with E-state index in [9.17, 15) is 13.2 Å². The van der Waals surface area contributed by atoms with Crippen LogP contribution in [0, 0.1) is 0 Å². The minimum absolute atomic E-state index is 0.0908. The van der Waals surface area contributed by atoms with E-state index < -0.39 is 10.0 Å². The smallest absolute Gasteiger partial charge is 0.241 e. The first-order valence-electron chi connectivity index (χ1n) is 8.04. The number of nitrogens with one attached hydrogen (secondary N) is 2. The maximum atomic E-state index is 12.2. The summed E-state index contributed by atoms with van der Waals surface area (Å²) < 4.78 is 31.9. The predicted molar refractivity (Wildman–Crippen MR) is 96.0 cm³/mol. The lowest BCUT2D eigenvalue weighted by Crippen LogP contribution is -2.37. The molecule has 0 aliphatic carbocycles. The molecule has 0 aliphatic heterocycles. The minimum atomic E-state index is -3.73. The van der Waals surface area contributed by atoms with Gasteiger partial charge < -0.3 is 10.1 Å². The van der Waals surface area contributed by atoms with Gasteiger partial charge in [-0.25, -0.2) is 13.1 Å². The second-order valence-corrected chi connectivity index (χ2v) is 7.08. The van der Waals surface area contributed by atoms with Crippen molar-refractivity contribution in [3.63, 3.8) is 0 Å². The van der Waals surface area contributed by atoms with Crippen LogP contribution in [0.3, 0.4) is 0 Å². The summed E-state index contributed by atoms with van der Waals surface area (Å²) in [6.07, 6.45) is 0.693. The van der Waals surface area contributed by atoms with E-state index in [1.807, 2.05) is 37.3 Å². The molecule has 2 aromatic rings. The molecule has 0 aliphatic rings. The lowest BCUT2D eigenvalue weighted by Gasteiger charge is -2.09. The van der Waals surface area contributed by atoms with Crippen molar-refractivity contribution < 1.29 is 17.9 Å². The second-order valence-electron chi connectivity index (χ2n) is 5.31. The number of rotatable bonds is 9.